The van der Waals surface area contributed by atoms with E-state index in [9.17, 15) is 14.7 Å². The van der Waals surface area contributed by atoms with Crippen molar-refractivity contribution in [1.29, 1.82) is 0 Å². The molecule has 4 heterocycles. The van der Waals surface area contributed by atoms with Gasteiger partial charge in [-0.3, -0.25) is 14.2 Å². The highest BCUT2D eigenvalue weighted by Gasteiger charge is 2.41. The molecule has 0 radical (unpaired) electrons. The molecule has 1 saturated heterocycles. The molecule has 0 saturated carbocycles. The molecule has 32 heavy (non-hydrogen) atoms. The van der Waals surface area contributed by atoms with Crippen LogP contribution in [-0.4, -0.2) is 60.0 Å². The maximum absolute atomic E-state index is 11.8. The quantitative estimate of drug-likeness (QED) is 0.570. The van der Waals surface area contributed by atoms with Gasteiger partial charge in [0.25, 0.3) is 0 Å². The largest absolute Gasteiger partial charge is 0.465 e. The minimum atomic E-state index is -0.905. The standard InChI is InChI=1S/C22H27N7O3/c1-22(2,3)19-14(5-4-7-29(19)21(31)32)26-17-12-24-10-15(27-17)16-11-25-18-9-13(20(23)30)6-8-28(16)18/h6,8-12,14,19H,4-5,7H2,1-3H3,(H2,23,30)(H,26,27)(H,31,32)/t14-,19?/m1/s1. The van der Waals surface area contributed by atoms with Crippen molar-refractivity contribution in [3.8, 4) is 11.4 Å². The van der Waals surface area contributed by atoms with Crippen molar-refractivity contribution in [2.45, 2.75) is 45.7 Å². The van der Waals surface area contributed by atoms with Gasteiger partial charge in [-0.2, -0.15) is 0 Å². The number of carbonyl (C=O) groups is 2. The number of amides is 2. The van der Waals surface area contributed by atoms with Gasteiger partial charge in [-0.1, -0.05) is 20.8 Å². The first-order chi connectivity index (χ1) is 15.1. The lowest BCUT2D eigenvalue weighted by molar-refractivity contribution is 0.0518. The molecule has 10 nitrogen and oxygen atoms in total. The lowest BCUT2D eigenvalue weighted by Crippen LogP contribution is -2.58. The van der Waals surface area contributed by atoms with Crippen LogP contribution < -0.4 is 11.1 Å². The molecule has 3 aromatic heterocycles. The zero-order chi connectivity index (χ0) is 23.0. The minimum Gasteiger partial charge on any atom is -0.465 e. The molecule has 10 heteroatoms. The SMILES string of the molecule is CC(C)(C)C1[C@H](Nc2cncc(-c3cnc4cc(C(N)=O)ccn34)n2)CCCN1C(=O)O. The molecule has 2 atom stereocenters. The molecule has 4 rings (SSSR count). The molecule has 1 aliphatic rings. The van der Waals surface area contributed by atoms with Crippen LogP contribution >= 0.6 is 0 Å². The van der Waals surface area contributed by atoms with Crippen LogP contribution in [0.1, 0.15) is 44.0 Å². The molecule has 3 aromatic rings. The lowest BCUT2D eigenvalue weighted by Gasteiger charge is -2.47. The summed E-state index contributed by atoms with van der Waals surface area (Å²) in [6.07, 6.45) is 7.37. The lowest BCUT2D eigenvalue weighted by atomic mass is 9.77. The number of rotatable bonds is 4. The van der Waals surface area contributed by atoms with Crippen LogP contribution in [0.4, 0.5) is 10.6 Å². The van der Waals surface area contributed by atoms with Gasteiger partial charge in [-0.05, 0) is 30.4 Å². The number of nitrogens with two attached hydrogens (primary N) is 1. The fourth-order valence-corrected chi connectivity index (χ4v) is 4.50. The first-order valence-electron chi connectivity index (χ1n) is 10.5. The van der Waals surface area contributed by atoms with Gasteiger partial charge in [0.05, 0.1) is 30.3 Å². The maximum atomic E-state index is 11.8. The number of nitrogens with zero attached hydrogens (tertiary/aromatic N) is 5. The Bertz CT molecular complexity index is 1170. The molecule has 0 aliphatic carbocycles. The van der Waals surface area contributed by atoms with Crippen LogP contribution in [0, 0.1) is 5.41 Å². The fourth-order valence-electron chi connectivity index (χ4n) is 4.50. The average molecular weight is 438 g/mol. The number of nitrogens with one attached hydrogen (secondary N) is 1. The Morgan fingerprint density at radius 1 is 1.25 bits per heavy atom. The van der Waals surface area contributed by atoms with E-state index in [0.29, 0.717) is 29.3 Å². The van der Waals surface area contributed by atoms with Gasteiger partial charge in [0, 0.05) is 24.3 Å². The number of likely N-dealkylation sites (tertiary alicyclic amines) is 1. The van der Waals surface area contributed by atoms with E-state index in [1.165, 1.54) is 4.90 Å². The van der Waals surface area contributed by atoms with E-state index in [1.54, 1.807) is 36.9 Å². The summed E-state index contributed by atoms with van der Waals surface area (Å²) < 4.78 is 1.81. The number of piperidine rings is 1. The van der Waals surface area contributed by atoms with Gasteiger partial charge in [0.2, 0.25) is 5.91 Å². The van der Waals surface area contributed by atoms with Gasteiger partial charge in [0.1, 0.15) is 17.2 Å². The molecule has 168 valence electrons. The van der Waals surface area contributed by atoms with E-state index in [-0.39, 0.29) is 17.5 Å². The molecule has 2 amide bonds. The topological polar surface area (TPSA) is 139 Å². The summed E-state index contributed by atoms with van der Waals surface area (Å²) in [6.45, 7) is 6.67. The second-order valence-corrected chi connectivity index (χ2v) is 9.12. The van der Waals surface area contributed by atoms with Crippen molar-refractivity contribution >= 4 is 23.5 Å². The normalized spacial score (nSPS) is 19.2. The highest BCUT2D eigenvalue weighted by Crippen LogP contribution is 2.34. The summed E-state index contributed by atoms with van der Waals surface area (Å²) in [5.41, 5.74) is 7.38. The predicted molar refractivity (Wildman–Crippen MR) is 119 cm³/mol. The number of hydrogen-bond donors (Lipinski definition) is 3. The Balaban J connectivity index is 1.64. The second kappa shape index (κ2) is 8.10. The number of primary amides is 1. The Morgan fingerprint density at radius 3 is 2.72 bits per heavy atom. The summed E-state index contributed by atoms with van der Waals surface area (Å²) in [5, 5.41) is 13.1. The van der Waals surface area contributed by atoms with E-state index >= 15 is 0 Å². The Labute approximate surface area is 185 Å². The van der Waals surface area contributed by atoms with E-state index in [2.05, 4.69) is 36.1 Å². The highest BCUT2D eigenvalue weighted by molar-refractivity contribution is 5.93. The maximum Gasteiger partial charge on any atom is 0.407 e. The van der Waals surface area contributed by atoms with Crippen molar-refractivity contribution in [3.05, 3.63) is 42.5 Å². The van der Waals surface area contributed by atoms with Gasteiger partial charge >= 0.3 is 6.09 Å². The Kier molecular flexibility index (Phi) is 5.45. The zero-order valence-corrected chi connectivity index (χ0v) is 18.3. The third-order valence-corrected chi connectivity index (χ3v) is 5.79. The van der Waals surface area contributed by atoms with Gasteiger partial charge in [0.15, 0.2) is 0 Å². The van der Waals surface area contributed by atoms with E-state index in [1.807, 2.05) is 4.40 Å². The van der Waals surface area contributed by atoms with Crippen molar-refractivity contribution in [1.82, 2.24) is 24.3 Å². The summed E-state index contributed by atoms with van der Waals surface area (Å²) in [7, 11) is 0. The number of hydrogen-bond acceptors (Lipinski definition) is 6. The predicted octanol–water partition coefficient (Wildman–Crippen LogP) is 2.86. The average Bonchev–Trinajstić information content (AvgIpc) is 3.16. The number of carboxylic acid groups (broad SMARTS) is 1. The van der Waals surface area contributed by atoms with E-state index in [0.717, 1.165) is 18.5 Å². The van der Waals surface area contributed by atoms with Crippen LogP contribution in [0.2, 0.25) is 0 Å². The number of anilines is 1. The Morgan fingerprint density at radius 2 is 2.03 bits per heavy atom. The molecule has 0 bridgehead atoms. The van der Waals surface area contributed by atoms with E-state index in [4.69, 9.17) is 10.7 Å². The first kappa shape index (κ1) is 21.5. The van der Waals surface area contributed by atoms with Crippen molar-refractivity contribution in [2.24, 2.45) is 11.1 Å². The summed E-state index contributed by atoms with van der Waals surface area (Å²) in [4.78, 5) is 38.2. The third kappa shape index (κ3) is 4.08. The van der Waals surface area contributed by atoms with Crippen LogP contribution in [0.25, 0.3) is 17.0 Å². The highest BCUT2D eigenvalue weighted by atomic mass is 16.4. The molecule has 1 fully saturated rings. The van der Waals surface area contributed by atoms with Gasteiger partial charge in [-0.15, -0.1) is 0 Å². The number of aromatic nitrogens is 4. The third-order valence-electron chi connectivity index (χ3n) is 5.79. The molecular weight excluding hydrogens is 410 g/mol. The summed E-state index contributed by atoms with van der Waals surface area (Å²) in [6, 6.07) is 2.96. The van der Waals surface area contributed by atoms with Crippen LogP contribution in [-0.2, 0) is 0 Å². The molecular formula is C22H27N7O3. The van der Waals surface area contributed by atoms with E-state index < -0.39 is 12.0 Å². The Hall–Kier alpha value is -3.69. The number of fused-ring (bicyclic) bond motifs is 1. The van der Waals surface area contributed by atoms with Crippen LogP contribution in [0.15, 0.2) is 36.9 Å². The van der Waals surface area contributed by atoms with Crippen molar-refractivity contribution in [3.63, 3.8) is 0 Å². The molecule has 0 spiro atoms. The molecule has 1 aliphatic heterocycles. The number of carbonyl (C=O) groups excluding carboxylic acids is 1. The van der Waals surface area contributed by atoms with Crippen LogP contribution in [0.5, 0.6) is 0 Å². The first-order valence-corrected chi connectivity index (χ1v) is 10.5. The van der Waals surface area contributed by atoms with Gasteiger partial charge < -0.3 is 21.1 Å². The van der Waals surface area contributed by atoms with Crippen LogP contribution in [0.3, 0.4) is 0 Å². The van der Waals surface area contributed by atoms with Crippen molar-refractivity contribution in [2.75, 3.05) is 11.9 Å². The summed E-state index contributed by atoms with van der Waals surface area (Å²) >= 11 is 0. The fraction of sp³-hybridized carbons (Fsp3) is 0.409. The second-order valence-electron chi connectivity index (χ2n) is 9.12. The zero-order valence-electron chi connectivity index (χ0n) is 18.3. The van der Waals surface area contributed by atoms with Gasteiger partial charge in [-0.25, -0.2) is 14.8 Å². The number of imidazole rings is 1. The monoisotopic (exact) mass is 437 g/mol. The smallest absolute Gasteiger partial charge is 0.407 e. The molecule has 4 N–H and O–H groups in total. The minimum absolute atomic E-state index is 0.0929. The number of pyridine rings is 1. The molecule has 1 unspecified atom stereocenters. The van der Waals surface area contributed by atoms with Crippen molar-refractivity contribution < 1.29 is 14.7 Å². The summed E-state index contributed by atoms with van der Waals surface area (Å²) in [5.74, 6) is 0.0528. The molecule has 0 aromatic carbocycles.